The third kappa shape index (κ3) is 18.8. The molecule has 0 heterocycles. The van der Waals surface area contributed by atoms with Gasteiger partial charge >= 0.3 is 11.9 Å². The van der Waals surface area contributed by atoms with Crippen molar-refractivity contribution in [2.45, 2.75) is 38.5 Å². The number of nitrogens with one attached hydrogen (secondary N) is 4. The first-order valence-electron chi connectivity index (χ1n) is 10.3. The van der Waals surface area contributed by atoms with Crippen molar-refractivity contribution < 1.29 is 39.0 Å². The van der Waals surface area contributed by atoms with E-state index in [1.54, 1.807) is 7.05 Å². The van der Waals surface area contributed by atoms with Gasteiger partial charge in [0.25, 0.3) is 0 Å². The fourth-order valence-electron chi connectivity index (χ4n) is 2.30. The van der Waals surface area contributed by atoms with Crippen LogP contribution in [0.4, 0.5) is 0 Å². The molecule has 182 valence electrons. The van der Waals surface area contributed by atoms with Gasteiger partial charge in [0, 0.05) is 65.0 Å². The van der Waals surface area contributed by atoms with E-state index in [0.717, 1.165) is 0 Å². The molecule has 0 unspecified atom stereocenters. The second kappa shape index (κ2) is 17.5. The van der Waals surface area contributed by atoms with E-state index in [4.69, 9.17) is 10.2 Å². The SMILES string of the molecule is CN(CCC(=O)NCCNC(=O)CCC(=O)O)CCC(=O)NCCNC(=O)CCC(=O)O. The van der Waals surface area contributed by atoms with Gasteiger partial charge < -0.3 is 36.4 Å². The second-order valence-corrected chi connectivity index (χ2v) is 6.99. The van der Waals surface area contributed by atoms with Crippen molar-refractivity contribution in [3.05, 3.63) is 0 Å². The Balaban J connectivity index is 3.70. The second-order valence-electron chi connectivity index (χ2n) is 6.99. The van der Waals surface area contributed by atoms with Crippen LogP contribution in [-0.4, -0.2) is 97.0 Å². The summed E-state index contributed by atoms with van der Waals surface area (Å²) >= 11 is 0. The summed E-state index contributed by atoms with van der Waals surface area (Å²) in [5, 5.41) is 27.3. The highest BCUT2D eigenvalue weighted by Gasteiger charge is 2.09. The maximum atomic E-state index is 11.8. The van der Waals surface area contributed by atoms with Crippen LogP contribution in [0.15, 0.2) is 0 Å². The van der Waals surface area contributed by atoms with E-state index in [0.29, 0.717) is 13.1 Å². The predicted molar refractivity (Wildman–Crippen MR) is 113 cm³/mol. The van der Waals surface area contributed by atoms with Crippen LogP contribution in [0.25, 0.3) is 0 Å². The van der Waals surface area contributed by atoms with Crippen molar-refractivity contribution in [2.75, 3.05) is 46.3 Å². The average Bonchev–Trinajstić information content (AvgIpc) is 2.73. The molecular weight excluding hydrogens is 426 g/mol. The average molecular weight is 460 g/mol. The standard InChI is InChI=1S/C19H33N5O8/c1-24(12-6-16(27)22-10-8-20-14(25)2-4-18(29)30)13-7-17(28)23-11-9-21-15(26)3-5-19(31)32/h2-13H2,1H3,(H,20,25)(H,21,26)(H,22,27)(H,23,28)(H,29,30)(H,31,32). The number of hydrogen-bond donors (Lipinski definition) is 6. The van der Waals surface area contributed by atoms with Gasteiger partial charge in [0.1, 0.15) is 0 Å². The molecule has 0 atom stereocenters. The van der Waals surface area contributed by atoms with Gasteiger partial charge in [-0.2, -0.15) is 0 Å². The smallest absolute Gasteiger partial charge is 0.303 e. The normalized spacial score (nSPS) is 10.3. The molecular formula is C19H33N5O8. The van der Waals surface area contributed by atoms with E-state index in [-0.39, 0.29) is 88.3 Å². The van der Waals surface area contributed by atoms with Crippen LogP contribution in [-0.2, 0) is 28.8 Å². The molecule has 0 aliphatic heterocycles. The van der Waals surface area contributed by atoms with Crippen molar-refractivity contribution >= 4 is 35.6 Å². The number of carboxylic acid groups (broad SMARTS) is 2. The molecule has 0 aromatic heterocycles. The summed E-state index contributed by atoms with van der Waals surface area (Å²) < 4.78 is 0. The van der Waals surface area contributed by atoms with Gasteiger partial charge in [-0.05, 0) is 7.05 Å². The minimum atomic E-state index is -1.05. The topological polar surface area (TPSA) is 194 Å². The van der Waals surface area contributed by atoms with Crippen LogP contribution in [0.1, 0.15) is 38.5 Å². The molecule has 4 amide bonds. The quantitative estimate of drug-likeness (QED) is 0.124. The van der Waals surface area contributed by atoms with E-state index >= 15 is 0 Å². The van der Waals surface area contributed by atoms with Crippen LogP contribution in [0.3, 0.4) is 0 Å². The summed E-state index contributed by atoms with van der Waals surface area (Å²) in [4.78, 5) is 68.8. The number of hydrogen-bond acceptors (Lipinski definition) is 7. The van der Waals surface area contributed by atoms with Gasteiger partial charge in [-0.15, -0.1) is 0 Å². The first-order valence-corrected chi connectivity index (χ1v) is 10.3. The summed E-state index contributed by atoms with van der Waals surface area (Å²) in [6.45, 7) is 1.75. The van der Waals surface area contributed by atoms with Crippen molar-refractivity contribution in [1.29, 1.82) is 0 Å². The molecule has 13 nitrogen and oxygen atoms in total. The maximum absolute atomic E-state index is 11.8. The Bertz CT molecular complexity index is 602. The van der Waals surface area contributed by atoms with Gasteiger partial charge in [0.05, 0.1) is 12.8 Å². The molecule has 0 rings (SSSR count). The zero-order valence-corrected chi connectivity index (χ0v) is 18.3. The Hall–Kier alpha value is -3.22. The molecule has 0 spiro atoms. The minimum Gasteiger partial charge on any atom is -0.481 e. The first kappa shape index (κ1) is 28.8. The zero-order valence-electron chi connectivity index (χ0n) is 18.3. The molecule has 0 aromatic carbocycles. The van der Waals surface area contributed by atoms with Crippen molar-refractivity contribution in [3.63, 3.8) is 0 Å². The van der Waals surface area contributed by atoms with E-state index in [1.165, 1.54) is 0 Å². The summed E-state index contributed by atoms with van der Waals surface area (Å²) in [6.07, 6.45) is -0.269. The van der Waals surface area contributed by atoms with E-state index in [9.17, 15) is 28.8 Å². The molecule has 0 saturated carbocycles. The summed E-state index contributed by atoms with van der Waals surface area (Å²) in [5.41, 5.74) is 0. The van der Waals surface area contributed by atoms with Crippen molar-refractivity contribution in [2.24, 2.45) is 0 Å². The van der Waals surface area contributed by atoms with Crippen LogP contribution < -0.4 is 21.3 Å². The number of carbonyl (C=O) groups excluding carboxylic acids is 4. The molecule has 0 fully saturated rings. The lowest BCUT2D eigenvalue weighted by atomic mass is 10.3. The number of amides is 4. The maximum Gasteiger partial charge on any atom is 0.303 e. The van der Waals surface area contributed by atoms with E-state index < -0.39 is 11.9 Å². The summed E-state index contributed by atoms with van der Waals surface area (Å²) in [6, 6.07) is 0. The number of nitrogens with zero attached hydrogens (tertiary/aromatic N) is 1. The van der Waals surface area contributed by atoms with Crippen LogP contribution in [0.2, 0.25) is 0 Å². The lowest BCUT2D eigenvalue weighted by Gasteiger charge is -2.16. The van der Waals surface area contributed by atoms with E-state index in [2.05, 4.69) is 21.3 Å². The van der Waals surface area contributed by atoms with Gasteiger partial charge in [-0.3, -0.25) is 28.8 Å². The first-order chi connectivity index (χ1) is 15.1. The molecule has 32 heavy (non-hydrogen) atoms. The Labute approximate surface area is 186 Å². The van der Waals surface area contributed by atoms with Gasteiger partial charge in [-0.1, -0.05) is 0 Å². The molecule has 0 aromatic rings. The van der Waals surface area contributed by atoms with E-state index in [1.807, 2.05) is 4.90 Å². The molecule has 0 radical (unpaired) electrons. The van der Waals surface area contributed by atoms with Gasteiger partial charge in [0.15, 0.2) is 0 Å². The number of carbonyl (C=O) groups is 6. The van der Waals surface area contributed by atoms with Crippen molar-refractivity contribution in [3.8, 4) is 0 Å². The monoisotopic (exact) mass is 459 g/mol. The van der Waals surface area contributed by atoms with Crippen LogP contribution in [0.5, 0.6) is 0 Å². The molecule has 0 bridgehead atoms. The Morgan fingerprint density at radius 2 is 0.812 bits per heavy atom. The molecule has 13 heteroatoms. The Kier molecular flexibility index (Phi) is 15.7. The summed E-state index contributed by atoms with van der Waals surface area (Å²) in [5.74, 6) is -3.29. The fraction of sp³-hybridized carbons (Fsp3) is 0.684. The predicted octanol–water partition coefficient (Wildman–Crippen LogP) is -2.11. The van der Waals surface area contributed by atoms with Gasteiger partial charge in [-0.25, -0.2) is 0 Å². The molecule has 0 saturated heterocycles. The third-order valence-corrected chi connectivity index (χ3v) is 4.11. The number of aliphatic carboxylic acids is 2. The van der Waals surface area contributed by atoms with Crippen LogP contribution in [0, 0.1) is 0 Å². The fourth-order valence-corrected chi connectivity index (χ4v) is 2.30. The Morgan fingerprint density at radius 3 is 1.09 bits per heavy atom. The lowest BCUT2D eigenvalue weighted by Crippen LogP contribution is -2.37. The third-order valence-electron chi connectivity index (χ3n) is 4.11. The highest BCUT2D eigenvalue weighted by Crippen LogP contribution is 1.92. The number of rotatable bonds is 18. The molecule has 0 aliphatic carbocycles. The van der Waals surface area contributed by atoms with Crippen molar-refractivity contribution in [1.82, 2.24) is 26.2 Å². The zero-order chi connectivity index (χ0) is 24.4. The van der Waals surface area contributed by atoms with Gasteiger partial charge in [0.2, 0.25) is 23.6 Å². The lowest BCUT2D eigenvalue weighted by molar-refractivity contribution is -0.139. The number of carboxylic acids is 2. The highest BCUT2D eigenvalue weighted by molar-refractivity contribution is 5.81. The Morgan fingerprint density at radius 1 is 0.531 bits per heavy atom. The summed E-state index contributed by atoms with van der Waals surface area (Å²) in [7, 11) is 1.77. The molecule has 0 aliphatic rings. The van der Waals surface area contributed by atoms with Crippen LogP contribution >= 0.6 is 0 Å². The highest BCUT2D eigenvalue weighted by atomic mass is 16.4. The minimum absolute atomic E-state index is 0.108. The largest absolute Gasteiger partial charge is 0.481 e. The molecule has 6 N–H and O–H groups in total.